The lowest BCUT2D eigenvalue weighted by Gasteiger charge is -2.19. The molecule has 0 bridgehead atoms. The van der Waals surface area contributed by atoms with Crippen molar-refractivity contribution in [3.8, 4) is 11.5 Å². The van der Waals surface area contributed by atoms with Gasteiger partial charge >= 0.3 is 0 Å². The molecule has 0 aliphatic carbocycles. The highest BCUT2D eigenvalue weighted by molar-refractivity contribution is 5.95. The van der Waals surface area contributed by atoms with Crippen molar-refractivity contribution in [1.82, 2.24) is 5.32 Å². The maximum Gasteiger partial charge on any atom is 0.252 e. The lowest BCUT2D eigenvalue weighted by Crippen LogP contribution is -2.28. The van der Waals surface area contributed by atoms with E-state index in [1.807, 2.05) is 30.3 Å². The van der Waals surface area contributed by atoms with Gasteiger partial charge < -0.3 is 14.8 Å². The first-order chi connectivity index (χ1) is 11.2. The van der Waals surface area contributed by atoms with Crippen molar-refractivity contribution in [2.45, 2.75) is 25.8 Å². The van der Waals surface area contributed by atoms with E-state index in [0.717, 1.165) is 18.4 Å². The van der Waals surface area contributed by atoms with Gasteiger partial charge in [-0.25, -0.2) is 0 Å². The number of hydrogen-bond acceptors (Lipinski definition) is 3. The van der Waals surface area contributed by atoms with Crippen LogP contribution in [-0.2, 0) is 0 Å². The van der Waals surface area contributed by atoms with Gasteiger partial charge in [0.05, 0.1) is 20.3 Å². The Kier molecular flexibility index (Phi) is 6.03. The lowest BCUT2D eigenvalue weighted by atomic mass is 10.0. The van der Waals surface area contributed by atoms with Crippen molar-refractivity contribution in [2.75, 3.05) is 14.2 Å². The highest BCUT2D eigenvalue weighted by atomic mass is 16.5. The molecule has 1 unspecified atom stereocenters. The van der Waals surface area contributed by atoms with Gasteiger partial charge in [0.25, 0.3) is 5.91 Å². The molecule has 122 valence electrons. The van der Waals surface area contributed by atoms with E-state index in [4.69, 9.17) is 9.47 Å². The van der Waals surface area contributed by atoms with Crippen LogP contribution >= 0.6 is 0 Å². The molecule has 1 atom stereocenters. The van der Waals surface area contributed by atoms with Crippen LogP contribution < -0.4 is 14.8 Å². The first-order valence-corrected chi connectivity index (χ1v) is 7.76. The zero-order valence-corrected chi connectivity index (χ0v) is 13.8. The van der Waals surface area contributed by atoms with Crippen LogP contribution in [0, 0.1) is 0 Å². The third-order valence-corrected chi connectivity index (χ3v) is 3.70. The van der Waals surface area contributed by atoms with Gasteiger partial charge in [0.15, 0.2) is 0 Å². The number of rotatable bonds is 7. The summed E-state index contributed by atoms with van der Waals surface area (Å²) in [5, 5.41) is 3.10. The third kappa shape index (κ3) is 4.49. The summed E-state index contributed by atoms with van der Waals surface area (Å²) < 4.78 is 10.4. The minimum Gasteiger partial charge on any atom is -0.497 e. The van der Waals surface area contributed by atoms with Crippen LogP contribution in [0.25, 0.3) is 0 Å². The molecule has 0 heterocycles. The van der Waals surface area contributed by atoms with Gasteiger partial charge in [-0.05, 0) is 24.1 Å². The normalized spacial score (nSPS) is 11.6. The summed E-state index contributed by atoms with van der Waals surface area (Å²) in [6, 6.07) is 15.2. The summed E-state index contributed by atoms with van der Waals surface area (Å²) in [6.07, 6.45) is 1.87. The third-order valence-electron chi connectivity index (χ3n) is 3.70. The van der Waals surface area contributed by atoms with E-state index in [9.17, 15) is 4.79 Å². The number of carbonyl (C=O) groups is 1. The van der Waals surface area contributed by atoms with Crippen LogP contribution in [0.4, 0.5) is 0 Å². The Labute approximate surface area is 137 Å². The van der Waals surface area contributed by atoms with Crippen LogP contribution in [0.1, 0.15) is 41.7 Å². The van der Waals surface area contributed by atoms with Crippen LogP contribution in [-0.4, -0.2) is 20.1 Å². The first-order valence-electron chi connectivity index (χ1n) is 7.76. The minimum absolute atomic E-state index is 0.00843. The number of nitrogens with one attached hydrogen (secondary N) is 1. The molecule has 1 amide bonds. The fourth-order valence-electron chi connectivity index (χ4n) is 2.48. The maximum absolute atomic E-state index is 12.6. The predicted octanol–water partition coefficient (Wildman–Crippen LogP) is 3.98. The molecule has 4 nitrogen and oxygen atoms in total. The summed E-state index contributed by atoms with van der Waals surface area (Å²) in [5.41, 5.74) is 1.63. The van der Waals surface area contributed by atoms with Gasteiger partial charge in [-0.2, -0.15) is 0 Å². The number of carbonyl (C=O) groups excluding carboxylic acids is 1. The van der Waals surface area contributed by atoms with E-state index < -0.39 is 0 Å². The van der Waals surface area contributed by atoms with Gasteiger partial charge in [-0.15, -0.1) is 0 Å². The number of methoxy groups -OCH3 is 2. The first kappa shape index (κ1) is 16.9. The molecule has 23 heavy (non-hydrogen) atoms. The quantitative estimate of drug-likeness (QED) is 0.841. The van der Waals surface area contributed by atoms with E-state index in [1.54, 1.807) is 32.4 Å². The average molecular weight is 313 g/mol. The van der Waals surface area contributed by atoms with Crippen LogP contribution in [0.2, 0.25) is 0 Å². The number of benzene rings is 2. The second-order valence-electron chi connectivity index (χ2n) is 5.33. The van der Waals surface area contributed by atoms with Crippen LogP contribution in [0.5, 0.6) is 11.5 Å². The Balaban J connectivity index is 2.22. The number of amides is 1. The minimum atomic E-state index is -0.135. The molecular formula is C19H23NO3. The highest BCUT2D eigenvalue weighted by Crippen LogP contribution is 2.24. The van der Waals surface area contributed by atoms with Gasteiger partial charge in [-0.3, -0.25) is 4.79 Å². The standard InChI is InChI=1S/C19H23NO3/c1-4-8-18(14-9-6-5-7-10-14)20-19(21)15-11-16(22-2)13-17(12-15)23-3/h5-7,9-13,18H,4,8H2,1-3H3,(H,20,21). The van der Waals surface area contributed by atoms with Crippen molar-refractivity contribution in [3.05, 3.63) is 59.7 Å². The Bertz CT molecular complexity index is 618. The molecule has 0 spiro atoms. The summed E-state index contributed by atoms with van der Waals surface area (Å²) >= 11 is 0. The fraction of sp³-hybridized carbons (Fsp3) is 0.316. The second kappa shape index (κ2) is 8.22. The number of ether oxygens (including phenoxy) is 2. The molecule has 0 radical (unpaired) electrons. The summed E-state index contributed by atoms with van der Waals surface area (Å²) in [4.78, 5) is 12.6. The maximum atomic E-state index is 12.6. The lowest BCUT2D eigenvalue weighted by molar-refractivity contribution is 0.0933. The van der Waals surface area contributed by atoms with Crippen molar-refractivity contribution in [2.24, 2.45) is 0 Å². The zero-order valence-electron chi connectivity index (χ0n) is 13.8. The monoisotopic (exact) mass is 313 g/mol. The molecule has 2 aromatic rings. The van der Waals surface area contributed by atoms with Crippen molar-refractivity contribution in [3.63, 3.8) is 0 Å². The Morgan fingerprint density at radius 2 is 1.65 bits per heavy atom. The molecule has 0 saturated carbocycles. The Morgan fingerprint density at radius 3 is 2.17 bits per heavy atom. The molecule has 0 aromatic heterocycles. The summed E-state index contributed by atoms with van der Waals surface area (Å²) in [6.45, 7) is 2.11. The number of hydrogen-bond donors (Lipinski definition) is 1. The molecular weight excluding hydrogens is 290 g/mol. The van der Waals surface area contributed by atoms with Crippen LogP contribution in [0.3, 0.4) is 0 Å². The molecule has 2 rings (SSSR count). The summed E-state index contributed by atoms with van der Waals surface area (Å²) in [7, 11) is 3.14. The smallest absolute Gasteiger partial charge is 0.252 e. The second-order valence-corrected chi connectivity index (χ2v) is 5.33. The van der Waals surface area contributed by atoms with Crippen molar-refractivity contribution < 1.29 is 14.3 Å². The van der Waals surface area contributed by atoms with Gasteiger partial charge in [0.1, 0.15) is 11.5 Å². The van der Waals surface area contributed by atoms with E-state index >= 15 is 0 Å². The van der Waals surface area contributed by atoms with Crippen LogP contribution in [0.15, 0.2) is 48.5 Å². The Morgan fingerprint density at radius 1 is 1.04 bits per heavy atom. The van der Waals surface area contributed by atoms with E-state index in [2.05, 4.69) is 12.2 Å². The molecule has 0 aliphatic rings. The van der Waals surface area contributed by atoms with Crippen molar-refractivity contribution >= 4 is 5.91 Å². The molecule has 0 fully saturated rings. The predicted molar refractivity (Wildman–Crippen MR) is 91.1 cm³/mol. The van der Waals surface area contributed by atoms with Gasteiger partial charge in [-0.1, -0.05) is 43.7 Å². The largest absolute Gasteiger partial charge is 0.497 e. The van der Waals surface area contributed by atoms with E-state index in [1.165, 1.54) is 0 Å². The van der Waals surface area contributed by atoms with Gasteiger partial charge in [0.2, 0.25) is 0 Å². The average Bonchev–Trinajstić information content (AvgIpc) is 2.61. The van der Waals surface area contributed by atoms with E-state index in [-0.39, 0.29) is 11.9 Å². The zero-order chi connectivity index (χ0) is 16.7. The highest BCUT2D eigenvalue weighted by Gasteiger charge is 2.16. The molecule has 2 aromatic carbocycles. The summed E-state index contributed by atoms with van der Waals surface area (Å²) in [5.74, 6) is 1.06. The molecule has 0 saturated heterocycles. The topological polar surface area (TPSA) is 47.6 Å². The van der Waals surface area contributed by atoms with Crippen molar-refractivity contribution in [1.29, 1.82) is 0 Å². The van der Waals surface area contributed by atoms with E-state index in [0.29, 0.717) is 17.1 Å². The van der Waals surface area contributed by atoms with Gasteiger partial charge in [0, 0.05) is 11.6 Å². The molecule has 0 aliphatic heterocycles. The SMILES string of the molecule is CCCC(NC(=O)c1cc(OC)cc(OC)c1)c1ccccc1. The fourth-order valence-corrected chi connectivity index (χ4v) is 2.48. The Hall–Kier alpha value is -2.49. The molecule has 1 N–H and O–H groups in total. The molecule has 4 heteroatoms.